The van der Waals surface area contributed by atoms with E-state index in [0.717, 1.165) is 44.8 Å². The molecular weight excluding hydrogens is 250 g/mol. The van der Waals surface area contributed by atoms with Crippen molar-refractivity contribution < 1.29 is 4.79 Å². The van der Waals surface area contributed by atoms with E-state index < -0.39 is 0 Å². The summed E-state index contributed by atoms with van der Waals surface area (Å²) in [5, 5.41) is 0. The van der Waals surface area contributed by atoms with E-state index in [2.05, 4.69) is 37.7 Å². The molecule has 2 N–H and O–H groups in total. The summed E-state index contributed by atoms with van der Waals surface area (Å²) in [5.74, 6) is 2.02. The number of nitrogens with zero attached hydrogens (tertiary/aromatic N) is 2. The highest BCUT2D eigenvalue weighted by molar-refractivity contribution is 5.76. The topological polar surface area (TPSA) is 49.6 Å². The van der Waals surface area contributed by atoms with Crippen molar-refractivity contribution in [2.24, 2.45) is 23.5 Å². The molecule has 0 aromatic carbocycles. The molecule has 1 heterocycles. The Kier molecular flexibility index (Phi) is 7.52. The standard InChI is InChI=1S/C16H33N3O/c1-13(2)9-15(11-17)10-16(20)19-7-5-14(6-8-19)12-18(3)4/h13-15H,5-12,17H2,1-4H3/t15-/m0/s1. The van der Waals surface area contributed by atoms with Gasteiger partial charge in [0.1, 0.15) is 0 Å². The number of hydrogen-bond acceptors (Lipinski definition) is 3. The largest absolute Gasteiger partial charge is 0.343 e. The quantitative estimate of drug-likeness (QED) is 0.775. The first kappa shape index (κ1) is 17.4. The van der Waals surface area contributed by atoms with E-state index in [1.165, 1.54) is 0 Å². The van der Waals surface area contributed by atoms with Gasteiger partial charge in [0.05, 0.1) is 0 Å². The van der Waals surface area contributed by atoms with Gasteiger partial charge in [-0.15, -0.1) is 0 Å². The predicted octanol–water partition coefficient (Wildman–Crippen LogP) is 1.80. The molecule has 1 fully saturated rings. The number of nitrogens with two attached hydrogens (primary N) is 1. The van der Waals surface area contributed by atoms with Crippen LogP contribution in [0.3, 0.4) is 0 Å². The first-order chi connectivity index (χ1) is 9.42. The molecule has 1 rings (SSSR count). The maximum Gasteiger partial charge on any atom is 0.222 e. The molecule has 0 radical (unpaired) electrons. The summed E-state index contributed by atoms with van der Waals surface area (Å²) < 4.78 is 0. The molecule has 0 aromatic heterocycles. The van der Waals surface area contributed by atoms with E-state index in [-0.39, 0.29) is 0 Å². The van der Waals surface area contributed by atoms with Gasteiger partial charge in [0.15, 0.2) is 0 Å². The fourth-order valence-corrected chi connectivity index (χ4v) is 3.19. The average Bonchev–Trinajstić information content (AvgIpc) is 2.37. The van der Waals surface area contributed by atoms with Crippen LogP contribution in [0.5, 0.6) is 0 Å². The summed E-state index contributed by atoms with van der Waals surface area (Å²) in [6, 6.07) is 0. The lowest BCUT2D eigenvalue weighted by molar-refractivity contribution is -0.133. The van der Waals surface area contributed by atoms with Crippen molar-refractivity contribution >= 4 is 5.91 Å². The zero-order valence-corrected chi connectivity index (χ0v) is 13.8. The number of amides is 1. The van der Waals surface area contributed by atoms with Gasteiger partial charge >= 0.3 is 0 Å². The summed E-state index contributed by atoms with van der Waals surface area (Å²) in [6.45, 7) is 8.01. The lowest BCUT2D eigenvalue weighted by Crippen LogP contribution is -2.41. The summed E-state index contributed by atoms with van der Waals surface area (Å²) in [4.78, 5) is 16.6. The third-order valence-electron chi connectivity index (χ3n) is 4.19. The Balaban J connectivity index is 2.34. The Labute approximate surface area is 124 Å². The monoisotopic (exact) mass is 283 g/mol. The van der Waals surface area contributed by atoms with Crippen LogP contribution in [0.4, 0.5) is 0 Å². The normalized spacial score (nSPS) is 18.9. The summed E-state index contributed by atoms with van der Waals surface area (Å²) in [6.07, 6.45) is 3.97. The van der Waals surface area contributed by atoms with Gasteiger partial charge < -0.3 is 15.5 Å². The minimum absolute atomic E-state index is 0.310. The van der Waals surface area contributed by atoms with Crippen LogP contribution in [0.2, 0.25) is 0 Å². The van der Waals surface area contributed by atoms with Crippen molar-refractivity contribution in [1.82, 2.24) is 9.80 Å². The summed E-state index contributed by atoms with van der Waals surface area (Å²) >= 11 is 0. The number of carbonyl (C=O) groups is 1. The van der Waals surface area contributed by atoms with Crippen LogP contribution in [0.1, 0.15) is 39.5 Å². The predicted molar refractivity (Wildman–Crippen MR) is 84.5 cm³/mol. The molecule has 1 amide bonds. The molecule has 1 aliphatic heterocycles. The van der Waals surface area contributed by atoms with Crippen molar-refractivity contribution in [3.8, 4) is 0 Å². The molecule has 0 aromatic rings. The van der Waals surface area contributed by atoms with E-state index in [4.69, 9.17) is 5.73 Å². The van der Waals surface area contributed by atoms with Gasteiger partial charge in [-0.1, -0.05) is 13.8 Å². The number of likely N-dealkylation sites (tertiary alicyclic amines) is 1. The van der Waals surface area contributed by atoms with Crippen molar-refractivity contribution in [1.29, 1.82) is 0 Å². The fraction of sp³-hybridized carbons (Fsp3) is 0.938. The molecule has 0 aliphatic carbocycles. The van der Waals surface area contributed by atoms with Gasteiger partial charge in [-0.3, -0.25) is 4.79 Å². The smallest absolute Gasteiger partial charge is 0.222 e. The first-order valence-corrected chi connectivity index (χ1v) is 8.05. The molecule has 118 valence electrons. The van der Waals surface area contributed by atoms with E-state index >= 15 is 0 Å². The van der Waals surface area contributed by atoms with E-state index in [1.54, 1.807) is 0 Å². The van der Waals surface area contributed by atoms with E-state index in [1.807, 2.05) is 0 Å². The van der Waals surface area contributed by atoms with Crippen LogP contribution in [0.25, 0.3) is 0 Å². The molecule has 4 heteroatoms. The molecule has 20 heavy (non-hydrogen) atoms. The van der Waals surface area contributed by atoms with Gasteiger partial charge in [-0.05, 0) is 57.7 Å². The molecule has 0 spiro atoms. The minimum atomic E-state index is 0.310. The molecule has 0 unspecified atom stereocenters. The van der Waals surface area contributed by atoms with Crippen LogP contribution in [-0.2, 0) is 4.79 Å². The van der Waals surface area contributed by atoms with Crippen LogP contribution in [-0.4, -0.2) is 56.0 Å². The van der Waals surface area contributed by atoms with Crippen LogP contribution >= 0.6 is 0 Å². The van der Waals surface area contributed by atoms with Crippen molar-refractivity contribution in [3.05, 3.63) is 0 Å². The van der Waals surface area contributed by atoms with E-state index in [9.17, 15) is 4.79 Å². The van der Waals surface area contributed by atoms with E-state index in [0.29, 0.717) is 30.7 Å². The average molecular weight is 283 g/mol. The molecule has 0 bridgehead atoms. The highest BCUT2D eigenvalue weighted by Gasteiger charge is 2.24. The Morgan fingerprint density at radius 2 is 1.90 bits per heavy atom. The number of hydrogen-bond donors (Lipinski definition) is 1. The van der Waals surface area contributed by atoms with Gasteiger partial charge in [0, 0.05) is 26.1 Å². The second-order valence-corrected chi connectivity index (χ2v) is 7.02. The van der Waals surface area contributed by atoms with Crippen molar-refractivity contribution in [3.63, 3.8) is 0 Å². The van der Waals surface area contributed by atoms with Gasteiger partial charge in [0.25, 0.3) is 0 Å². The maximum atomic E-state index is 12.3. The zero-order valence-electron chi connectivity index (χ0n) is 13.8. The van der Waals surface area contributed by atoms with Crippen LogP contribution in [0.15, 0.2) is 0 Å². The second kappa shape index (κ2) is 8.63. The summed E-state index contributed by atoms with van der Waals surface area (Å²) in [7, 11) is 4.24. The third kappa shape index (κ3) is 6.23. The van der Waals surface area contributed by atoms with Gasteiger partial charge in [-0.25, -0.2) is 0 Å². The Morgan fingerprint density at radius 1 is 1.30 bits per heavy atom. The summed E-state index contributed by atoms with van der Waals surface area (Å²) in [5.41, 5.74) is 5.80. The number of piperidine rings is 1. The van der Waals surface area contributed by atoms with Crippen LogP contribution < -0.4 is 5.73 Å². The Hall–Kier alpha value is -0.610. The Bertz CT molecular complexity index is 283. The molecule has 4 nitrogen and oxygen atoms in total. The molecule has 1 saturated heterocycles. The highest BCUT2D eigenvalue weighted by Crippen LogP contribution is 2.21. The lowest BCUT2D eigenvalue weighted by atomic mass is 9.92. The third-order valence-corrected chi connectivity index (χ3v) is 4.19. The highest BCUT2D eigenvalue weighted by atomic mass is 16.2. The Morgan fingerprint density at radius 3 is 2.35 bits per heavy atom. The minimum Gasteiger partial charge on any atom is -0.343 e. The van der Waals surface area contributed by atoms with Crippen molar-refractivity contribution in [2.75, 3.05) is 40.3 Å². The number of carbonyl (C=O) groups excluding carboxylic acids is 1. The molecule has 1 atom stereocenters. The molecule has 1 aliphatic rings. The molecule has 0 saturated carbocycles. The zero-order chi connectivity index (χ0) is 15.1. The maximum absolute atomic E-state index is 12.3. The van der Waals surface area contributed by atoms with Crippen molar-refractivity contribution in [2.45, 2.75) is 39.5 Å². The second-order valence-electron chi connectivity index (χ2n) is 7.02. The van der Waals surface area contributed by atoms with Crippen LogP contribution in [0, 0.1) is 17.8 Å². The SMILES string of the molecule is CC(C)C[C@H](CN)CC(=O)N1CCC(CN(C)C)CC1. The first-order valence-electron chi connectivity index (χ1n) is 8.05. The van der Waals surface area contributed by atoms with Gasteiger partial charge in [-0.2, -0.15) is 0 Å². The van der Waals surface area contributed by atoms with Gasteiger partial charge in [0.2, 0.25) is 5.91 Å². The molecular formula is C16H33N3O. The lowest BCUT2D eigenvalue weighted by Gasteiger charge is -2.34. The number of rotatable bonds is 7. The fourth-order valence-electron chi connectivity index (χ4n) is 3.19.